The molecule has 0 aliphatic carbocycles. The second kappa shape index (κ2) is 11.0. The van der Waals surface area contributed by atoms with Crippen LogP contribution >= 0.6 is 11.3 Å². The van der Waals surface area contributed by atoms with E-state index < -0.39 is 5.91 Å². The van der Waals surface area contributed by atoms with Gasteiger partial charge >= 0.3 is 0 Å². The van der Waals surface area contributed by atoms with Gasteiger partial charge in [-0.15, -0.1) is 11.3 Å². The molecule has 1 fully saturated rings. The molecule has 0 saturated carbocycles. The van der Waals surface area contributed by atoms with Crippen molar-refractivity contribution in [1.82, 2.24) is 19.7 Å². The topological polar surface area (TPSA) is 72.3 Å². The van der Waals surface area contributed by atoms with Gasteiger partial charge in [0.1, 0.15) is 22.3 Å². The van der Waals surface area contributed by atoms with Crippen molar-refractivity contribution in [2.24, 2.45) is 0 Å². The quantitative estimate of drug-likeness (QED) is 0.285. The summed E-state index contributed by atoms with van der Waals surface area (Å²) in [6.07, 6.45) is 1.96. The number of carbonyl (C=O) groups is 1. The number of thiazole rings is 1. The maximum Gasteiger partial charge on any atom is 0.275 e. The Morgan fingerprint density at radius 3 is 2.59 bits per heavy atom. The first-order chi connectivity index (χ1) is 19.0. The van der Waals surface area contributed by atoms with Crippen molar-refractivity contribution in [2.75, 3.05) is 38.2 Å². The van der Waals surface area contributed by atoms with Gasteiger partial charge in [-0.1, -0.05) is 24.3 Å². The molecule has 39 heavy (non-hydrogen) atoms. The number of fused-ring (bicyclic) bond motifs is 1. The lowest BCUT2D eigenvalue weighted by Crippen LogP contribution is -2.38. The molecule has 3 aromatic carbocycles. The molecule has 198 valence electrons. The van der Waals surface area contributed by atoms with E-state index in [2.05, 4.69) is 15.2 Å². The van der Waals surface area contributed by atoms with Crippen molar-refractivity contribution >= 4 is 33.8 Å². The van der Waals surface area contributed by atoms with E-state index in [1.807, 2.05) is 23.0 Å². The van der Waals surface area contributed by atoms with E-state index in [9.17, 15) is 13.6 Å². The highest BCUT2D eigenvalue weighted by Crippen LogP contribution is 2.33. The average molecular weight is 546 g/mol. The van der Waals surface area contributed by atoms with Crippen LogP contribution < -0.4 is 5.32 Å². The van der Waals surface area contributed by atoms with E-state index in [0.717, 1.165) is 61.4 Å². The monoisotopic (exact) mass is 545 g/mol. The summed E-state index contributed by atoms with van der Waals surface area (Å²) >= 11 is 1.27. The van der Waals surface area contributed by atoms with Gasteiger partial charge in [-0.25, -0.2) is 13.8 Å². The van der Waals surface area contributed by atoms with Crippen LogP contribution in [0.15, 0.2) is 72.2 Å². The van der Waals surface area contributed by atoms with Gasteiger partial charge < -0.3 is 10.1 Å². The van der Waals surface area contributed by atoms with Gasteiger partial charge in [0.05, 0.1) is 25.3 Å². The van der Waals surface area contributed by atoms with Crippen molar-refractivity contribution in [3.63, 3.8) is 0 Å². The number of benzene rings is 3. The molecule has 1 N–H and O–H groups in total. The van der Waals surface area contributed by atoms with Crippen LogP contribution in [0.3, 0.4) is 0 Å². The second-order valence-electron chi connectivity index (χ2n) is 9.31. The lowest BCUT2D eigenvalue weighted by molar-refractivity contribution is 0.0360. The van der Waals surface area contributed by atoms with Gasteiger partial charge in [0.25, 0.3) is 5.91 Å². The molecule has 10 heteroatoms. The number of halogens is 2. The molecule has 5 aromatic rings. The molecule has 1 aliphatic heterocycles. The summed E-state index contributed by atoms with van der Waals surface area (Å²) in [4.78, 5) is 20.0. The van der Waals surface area contributed by atoms with E-state index in [-0.39, 0.29) is 17.3 Å². The number of carbonyl (C=O) groups excluding carboxylic acids is 1. The lowest BCUT2D eigenvalue weighted by Gasteiger charge is -2.26. The molecule has 7 nitrogen and oxygen atoms in total. The minimum Gasteiger partial charge on any atom is -0.379 e. The standard InChI is InChI=1S/C29H25F2N5O2S/c30-22-6-4-19(5-7-22)24-16-25-21(17-36(34-25)9-8-35-10-12-38-13-11-35)15-26(24)32-28(37)27-18-39-29(33-27)20-2-1-3-23(31)14-20/h1-7,14-18H,8-13H2,(H,32,37). The summed E-state index contributed by atoms with van der Waals surface area (Å²) in [5, 5.41) is 10.8. The van der Waals surface area contributed by atoms with Crippen LogP contribution in [-0.4, -0.2) is 58.4 Å². The summed E-state index contributed by atoms with van der Waals surface area (Å²) < 4.78 is 34.7. The fourth-order valence-electron chi connectivity index (χ4n) is 4.60. The molecular weight excluding hydrogens is 520 g/mol. The molecule has 1 saturated heterocycles. The van der Waals surface area contributed by atoms with E-state index >= 15 is 0 Å². The van der Waals surface area contributed by atoms with Crippen LogP contribution in [-0.2, 0) is 11.3 Å². The Morgan fingerprint density at radius 1 is 0.974 bits per heavy atom. The highest BCUT2D eigenvalue weighted by molar-refractivity contribution is 7.13. The summed E-state index contributed by atoms with van der Waals surface area (Å²) in [6, 6.07) is 16.0. The summed E-state index contributed by atoms with van der Waals surface area (Å²) in [6.45, 7) is 4.89. The van der Waals surface area contributed by atoms with E-state index in [1.165, 1.54) is 35.6 Å². The first-order valence-electron chi connectivity index (χ1n) is 12.6. The van der Waals surface area contributed by atoms with Crippen molar-refractivity contribution in [3.8, 4) is 21.7 Å². The number of hydrogen-bond acceptors (Lipinski definition) is 6. The fraction of sp³-hybridized carbons (Fsp3) is 0.207. The van der Waals surface area contributed by atoms with Gasteiger partial charge in [0, 0.05) is 53.4 Å². The number of nitrogens with one attached hydrogen (secondary N) is 1. The van der Waals surface area contributed by atoms with Crippen LogP contribution in [0.25, 0.3) is 32.6 Å². The Balaban J connectivity index is 1.29. The number of morpholine rings is 1. The molecule has 0 bridgehead atoms. The maximum atomic E-state index is 13.7. The fourth-order valence-corrected chi connectivity index (χ4v) is 5.39. The van der Waals surface area contributed by atoms with Crippen molar-refractivity contribution in [3.05, 3.63) is 89.6 Å². The highest BCUT2D eigenvalue weighted by Gasteiger charge is 2.17. The van der Waals surface area contributed by atoms with Gasteiger partial charge in [0.2, 0.25) is 0 Å². The number of nitrogens with zero attached hydrogens (tertiary/aromatic N) is 4. The third-order valence-electron chi connectivity index (χ3n) is 6.65. The Kier molecular flexibility index (Phi) is 7.14. The number of rotatable bonds is 7. The largest absolute Gasteiger partial charge is 0.379 e. The van der Waals surface area contributed by atoms with Crippen molar-refractivity contribution in [2.45, 2.75) is 6.54 Å². The highest BCUT2D eigenvalue weighted by atomic mass is 32.1. The first-order valence-corrected chi connectivity index (χ1v) is 13.5. The molecule has 3 heterocycles. The van der Waals surface area contributed by atoms with Gasteiger partial charge in [-0.3, -0.25) is 14.4 Å². The summed E-state index contributed by atoms with van der Waals surface area (Å²) in [5.74, 6) is -1.10. The number of ether oxygens (including phenoxy) is 1. The molecule has 1 aliphatic rings. The normalized spacial score (nSPS) is 14.1. The molecule has 1 amide bonds. The van der Waals surface area contributed by atoms with E-state index in [4.69, 9.17) is 9.84 Å². The second-order valence-corrected chi connectivity index (χ2v) is 10.2. The molecule has 6 rings (SSSR count). The number of hydrogen-bond donors (Lipinski definition) is 1. The summed E-state index contributed by atoms with van der Waals surface area (Å²) in [7, 11) is 0. The third kappa shape index (κ3) is 5.73. The Labute approximate surface area is 227 Å². The van der Waals surface area contributed by atoms with Crippen molar-refractivity contribution < 1.29 is 18.3 Å². The van der Waals surface area contributed by atoms with Gasteiger partial charge in [-0.2, -0.15) is 5.10 Å². The third-order valence-corrected chi connectivity index (χ3v) is 7.54. The minimum atomic E-state index is -0.392. The van der Waals surface area contributed by atoms with Crippen LogP contribution in [0.5, 0.6) is 0 Å². The molecule has 0 spiro atoms. The lowest BCUT2D eigenvalue weighted by atomic mass is 10.0. The molecule has 0 radical (unpaired) electrons. The van der Waals surface area contributed by atoms with Gasteiger partial charge in [-0.05, 0) is 42.0 Å². The minimum absolute atomic E-state index is 0.227. The molecule has 0 unspecified atom stereocenters. The Hall–Kier alpha value is -3.99. The Bertz CT molecular complexity index is 1630. The summed E-state index contributed by atoms with van der Waals surface area (Å²) in [5.41, 5.74) is 3.64. The molecule has 2 aromatic heterocycles. The van der Waals surface area contributed by atoms with E-state index in [1.54, 1.807) is 29.6 Å². The number of aromatic nitrogens is 3. The molecular formula is C29H25F2N5O2S. The van der Waals surface area contributed by atoms with Crippen LogP contribution in [0.1, 0.15) is 10.5 Å². The first kappa shape index (κ1) is 25.3. The zero-order chi connectivity index (χ0) is 26.8. The van der Waals surface area contributed by atoms with Crippen molar-refractivity contribution in [1.29, 1.82) is 0 Å². The maximum absolute atomic E-state index is 13.7. The Morgan fingerprint density at radius 2 is 1.79 bits per heavy atom. The predicted octanol–water partition coefficient (Wildman–Crippen LogP) is 5.69. The number of anilines is 1. The smallest absolute Gasteiger partial charge is 0.275 e. The average Bonchev–Trinajstić information content (AvgIpc) is 3.60. The predicted molar refractivity (Wildman–Crippen MR) is 148 cm³/mol. The van der Waals surface area contributed by atoms with Crippen LogP contribution in [0, 0.1) is 11.6 Å². The number of amides is 1. The zero-order valence-electron chi connectivity index (χ0n) is 20.9. The zero-order valence-corrected chi connectivity index (χ0v) is 21.8. The van der Waals surface area contributed by atoms with E-state index in [0.29, 0.717) is 16.3 Å². The SMILES string of the molecule is O=C(Nc1cc2cn(CCN3CCOCC3)nc2cc1-c1ccc(F)cc1)c1csc(-c2cccc(F)c2)n1. The van der Waals surface area contributed by atoms with Crippen LogP contribution in [0.4, 0.5) is 14.5 Å². The van der Waals surface area contributed by atoms with Crippen LogP contribution in [0.2, 0.25) is 0 Å². The molecule has 0 atom stereocenters. The van der Waals surface area contributed by atoms with Gasteiger partial charge in [0.15, 0.2) is 0 Å².